The summed E-state index contributed by atoms with van der Waals surface area (Å²) < 4.78 is 6.06. The molecule has 4 nitrogen and oxygen atoms in total. The third kappa shape index (κ3) is 2.67. The monoisotopic (exact) mass is 293 g/mol. The number of hydrogen-bond acceptors (Lipinski definition) is 2. The van der Waals surface area contributed by atoms with Crippen molar-refractivity contribution in [2.45, 2.75) is 65.0 Å². The van der Waals surface area contributed by atoms with Gasteiger partial charge in [-0.15, -0.1) is 0 Å². The van der Waals surface area contributed by atoms with Crippen LogP contribution in [0.1, 0.15) is 52.9 Å². The summed E-state index contributed by atoms with van der Waals surface area (Å²) >= 11 is 0. The Labute approximate surface area is 129 Å². The van der Waals surface area contributed by atoms with Crippen molar-refractivity contribution in [3.63, 3.8) is 0 Å². The molecule has 120 valence electrons. The van der Waals surface area contributed by atoms with Gasteiger partial charge in [0.05, 0.1) is 6.10 Å². The fourth-order valence-electron chi connectivity index (χ4n) is 4.65. The van der Waals surface area contributed by atoms with Gasteiger partial charge in [-0.2, -0.15) is 0 Å². The predicted molar refractivity (Wildman–Crippen MR) is 86.5 cm³/mol. The highest BCUT2D eigenvalue weighted by Crippen LogP contribution is 2.60. The Balaban J connectivity index is 1.70. The average Bonchev–Trinajstić information content (AvgIpc) is 3.09. The number of aliphatic imine (C=N–C) groups is 1. The van der Waals surface area contributed by atoms with Crippen LogP contribution in [0.2, 0.25) is 0 Å². The van der Waals surface area contributed by atoms with Crippen molar-refractivity contribution in [3.05, 3.63) is 0 Å². The van der Waals surface area contributed by atoms with Crippen molar-refractivity contribution in [2.24, 2.45) is 22.2 Å². The third-order valence-electron chi connectivity index (χ3n) is 5.54. The second-order valence-electron chi connectivity index (χ2n) is 7.42. The van der Waals surface area contributed by atoms with Gasteiger partial charge in [0.1, 0.15) is 0 Å². The Morgan fingerprint density at radius 1 is 1.33 bits per heavy atom. The van der Waals surface area contributed by atoms with E-state index >= 15 is 0 Å². The first-order valence-corrected chi connectivity index (χ1v) is 8.84. The summed E-state index contributed by atoms with van der Waals surface area (Å²) in [6.45, 7) is 9.34. The smallest absolute Gasteiger partial charge is 0.191 e. The SMILES string of the molecule is CCNC(=NCC(C)C)NC1C2CCOC2C12CCCC2. The zero-order valence-corrected chi connectivity index (χ0v) is 13.8. The summed E-state index contributed by atoms with van der Waals surface area (Å²) in [5.41, 5.74) is 0.398. The molecule has 3 rings (SSSR count). The molecule has 1 saturated heterocycles. The fourth-order valence-corrected chi connectivity index (χ4v) is 4.65. The minimum absolute atomic E-state index is 0.398. The van der Waals surface area contributed by atoms with Crippen LogP contribution in [0.3, 0.4) is 0 Å². The molecule has 3 fully saturated rings. The lowest BCUT2D eigenvalue weighted by atomic mass is 9.54. The maximum absolute atomic E-state index is 6.06. The Bertz CT molecular complexity index is 387. The summed E-state index contributed by atoms with van der Waals surface area (Å²) in [5.74, 6) is 2.31. The molecule has 3 atom stereocenters. The minimum Gasteiger partial charge on any atom is -0.377 e. The fraction of sp³-hybridized carbons (Fsp3) is 0.941. The Hall–Kier alpha value is -0.770. The van der Waals surface area contributed by atoms with Crippen LogP contribution in [0.15, 0.2) is 4.99 Å². The lowest BCUT2D eigenvalue weighted by Gasteiger charge is -2.57. The van der Waals surface area contributed by atoms with E-state index in [1.807, 2.05) is 0 Å². The number of nitrogens with zero attached hydrogens (tertiary/aromatic N) is 1. The van der Waals surface area contributed by atoms with Gasteiger partial charge >= 0.3 is 0 Å². The van der Waals surface area contributed by atoms with Crippen LogP contribution in [0.25, 0.3) is 0 Å². The standard InChI is InChI=1S/C17H31N3O/c1-4-18-16(19-11-12(2)3)20-14-13-7-10-21-15(13)17(14)8-5-6-9-17/h12-15H,4-11H2,1-3H3,(H2,18,19,20). The molecule has 0 aromatic heterocycles. The number of nitrogens with one attached hydrogen (secondary N) is 2. The van der Waals surface area contributed by atoms with E-state index in [4.69, 9.17) is 9.73 Å². The summed E-state index contributed by atoms with van der Waals surface area (Å²) in [6, 6.07) is 0.567. The average molecular weight is 293 g/mol. The highest BCUT2D eigenvalue weighted by molar-refractivity contribution is 5.80. The quantitative estimate of drug-likeness (QED) is 0.618. The van der Waals surface area contributed by atoms with E-state index < -0.39 is 0 Å². The summed E-state index contributed by atoms with van der Waals surface area (Å²) in [4.78, 5) is 4.76. The van der Waals surface area contributed by atoms with Crippen molar-refractivity contribution in [1.82, 2.24) is 10.6 Å². The van der Waals surface area contributed by atoms with Crippen molar-refractivity contribution in [2.75, 3.05) is 19.7 Å². The first-order chi connectivity index (χ1) is 10.2. The first kappa shape index (κ1) is 15.1. The van der Waals surface area contributed by atoms with Crippen molar-refractivity contribution in [1.29, 1.82) is 0 Å². The molecule has 0 aromatic rings. The van der Waals surface area contributed by atoms with E-state index in [9.17, 15) is 0 Å². The molecule has 4 heteroatoms. The lowest BCUT2D eigenvalue weighted by molar-refractivity contribution is -0.125. The molecule has 0 amide bonds. The van der Waals surface area contributed by atoms with Gasteiger partial charge in [0.25, 0.3) is 0 Å². The largest absolute Gasteiger partial charge is 0.377 e. The third-order valence-corrected chi connectivity index (χ3v) is 5.54. The minimum atomic E-state index is 0.398. The zero-order valence-electron chi connectivity index (χ0n) is 13.8. The van der Waals surface area contributed by atoms with Gasteiger partial charge in [0.2, 0.25) is 0 Å². The van der Waals surface area contributed by atoms with E-state index in [2.05, 4.69) is 31.4 Å². The van der Waals surface area contributed by atoms with Crippen LogP contribution in [-0.2, 0) is 4.74 Å². The van der Waals surface area contributed by atoms with Gasteiger partial charge in [-0.3, -0.25) is 4.99 Å². The van der Waals surface area contributed by atoms with Gasteiger partial charge < -0.3 is 15.4 Å². The van der Waals surface area contributed by atoms with Crippen LogP contribution in [-0.4, -0.2) is 37.8 Å². The van der Waals surface area contributed by atoms with Crippen molar-refractivity contribution < 1.29 is 4.74 Å². The van der Waals surface area contributed by atoms with E-state index in [1.165, 1.54) is 32.1 Å². The normalized spacial score (nSPS) is 34.1. The van der Waals surface area contributed by atoms with E-state index in [-0.39, 0.29) is 0 Å². The molecule has 2 N–H and O–H groups in total. The summed E-state index contributed by atoms with van der Waals surface area (Å²) in [7, 11) is 0. The molecule has 21 heavy (non-hydrogen) atoms. The van der Waals surface area contributed by atoms with Gasteiger partial charge in [0.15, 0.2) is 5.96 Å². The van der Waals surface area contributed by atoms with Crippen LogP contribution in [0, 0.1) is 17.3 Å². The lowest BCUT2D eigenvalue weighted by Crippen LogP contribution is -2.69. The molecule has 3 unspecified atom stereocenters. The topological polar surface area (TPSA) is 45.7 Å². The Kier molecular flexibility index (Phi) is 4.43. The van der Waals surface area contributed by atoms with E-state index in [1.54, 1.807) is 0 Å². The van der Waals surface area contributed by atoms with Gasteiger partial charge in [-0.25, -0.2) is 0 Å². The first-order valence-electron chi connectivity index (χ1n) is 8.84. The van der Waals surface area contributed by atoms with Gasteiger partial charge in [-0.05, 0) is 32.1 Å². The van der Waals surface area contributed by atoms with E-state index in [0.29, 0.717) is 29.4 Å². The van der Waals surface area contributed by atoms with E-state index in [0.717, 1.165) is 25.7 Å². The molecule has 2 aliphatic carbocycles. The van der Waals surface area contributed by atoms with Crippen LogP contribution in [0.5, 0.6) is 0 Å². The van der Waals surface area contributed by atoms with Crippen molar-refractivity contribution in [3.8, 4) is 0 Å². The second kappa shape index (κ2) is 6.15. The van der Waals surface area contributed by atoms with Crippen LogP contribution in [0.4, 0.5) is 0 Å². The molecule has 0 radical (unpaired) electrons. The molecule has 0 bridgehead atoms. The molecular weight excluding hydrogens is 262 g/mol. The molecule has 3 aliphatic rings. The predicted octanol–water partition coefficient (Wildman–Crippen LogP) is 2.55. The number of rotatable bonds is 4. The molecule has 1 aliphatic heterocycles. The highest BCUT2D eigenvalue weighted by Gasteiger charge is 2.65. The number of hydrogen-bond donors (Lipinski definition) is 2. The van der Waals surface area contributed by atoms with Gasteiger partial charge in [0, 0.05) is 37.1 Å². The van der Waals surface area contributed by atoms with Crippen molar-refractivity contribution >= 4 is 5.96 Å². The summed E-state index contributed by atoms with van der Waals surface area (Å²) in [6.07, 6.45) is 7.12. The molecule has 1 heterocycles. The summed E-state index contributed by atoms with van der Waals surface area (Å²) in [5, 5.41) is 7.19. The molecule has 2 saturated carbocycles. The van der Waals surface area contributed by atoms with Crippen LogP contribution < -0.4 is 10.6 Å². The maximum atomic E-state index is 6.06. The van der Waals surface area contributed by atoms with Crippen LogP contribution >= 0.6 is 0 Å². The van der Waals surface area contributed by atoms with Gasteiger partial charge in [-0.1, -0.05) is 26.7 Å². The Morgan fingerprint density at radius 3 is 2.76 bits per heavy atom. The highest BCUT2D eigenvalue weighted by atomic mass is 16.5. The number of fused-ring (bicyclic) bond motifs is 2. The number of guanidine groups is 1. The molecule has 1 spiro atoms. The number of ether oxygens (including phenoxy) is 1. The Morgan fingerprint density at radius 2 is 2.10 bits per heavy atom. The molecular formula is C17H31N3O. The maximum Gasteiger partial charge on any atom is 0.191 e. The zero-order chi connectivity index (χ0) is 14.9. The molecule has 0 aromatic carbocycles. The second-order valence-corrected chi connectivity index (χ2v) is 7.42.